The zero-order valence-corrected chi connectivity index (χ0v) is 8.32. The highest BCUT2D eigenvalue weighted by Gasteiger charge is 2.29. The summed E-state index contributed by atoms with van der Waals surface area (Å²) in [7, 11) is 0. The molecule has 3 amide bonds. The van der Waals surface area contributed by atoms with E-state index < -0.39 is 17.9 Å². The molecule has 1 rings (SSSR count). The van der Waals surface area contributed by atoms with Gasteiger partial charge in [-0.1, -0.05) is 0 Å². The molecular formula is C8H13N3O4. The molecule has 1 aliphatic heterocycles. The van der Waals surface area contributed by atoms with Crippen LogP contribution in [0.4, 0.5) is 4.79 Å². The topological polar surface area (TPSA) is 98.7 Å². The lowest BCUT2D eigenvalue weighted by molar-refractivity contribution is -0.149. The molecule has 1 saturated heterocycles. The van der Waals surface area contributed by atoms with E-state index in [4.69, 9.17) is 5.11 Å². The van der Waals surface area contributed by atoms with Crippen molar-refractivity contribution in [2.45, 2.75) is 13.0 Å². The Morgan fingerprint density at radius 2 is 2.33 bits per heavy atom. The largest absolute Gasteiger partial charge is 0.465 e. The van der Waals surface area contributed by atoms with Gasteiger partial charge in [0.05, 0.1) is 0 Å². The second kappa shape index (κ2) is 4.63. The third-order valence-electron chi connectivity index (χ3n) is 2.01. The molecule has 1 aliphatic rings. The first kappa shape index (κ1) is 11.3. The van der Waals surface area contributed by atoms with Crippen molar-refractivity contribution in [3.05, 3.63) is 0 Å². The third-order valence-corrected chi connectivity index (χ3v) is 2.01. The molecule has 3 N–H and O–H groups in total. The SMILES string of the molecule is CC1CN(CCNC(=O)O)C(=O)C(=O)N1. The molecule has 1 heterocycles. The minimum absolute atomic E-state index is 0.0972. The highest BCUT2D eigenvalue weighted by Crippen LogP contribution is 2.00. The Morgan fingerprint density at radius 1 is 1.67 bits per heavy atom. The normalized spacial score (nSPS) is 21.1. The Bertz CT molecular complexity index is 292. The maximum Gasteiger partial charge on any atom is 0.404 e. The maximum atomic E-state index is 11.3. The lowest BCUT2D eigenvalue weighted by atomic mass is 10.2. The van der Waals surface area contributed by atoms with Gasteiger partial charge in [0.2, 0.25) is 0 Å². The van der Waals surface area contributed by atoms with Crippen molar-refractivity contribution in [3.8, 4) is 0 Å². The van der Waals surface area contributed by atoms with E-state index in [9.17, 15) is 14.4 Å². The van der Waals surface area contributed by atoms with Gasteiger partial charge < -0.3 is 20.6 Å². The highest BCUT2D eigenvalue weighted by molar-refractivity contribution is 6.35. The van der Waals surface area contributed by atoms with Crippen molar-refractivity contribution < 1.29 is 19.5 Å². The smallest absolute Gasteiger partial charge is 0.404 e. The summed E-state index contributed by atoms with van der Waals surface area (Å²) in [5.74, 6) is -1.25. The van der Waals surface area contributed by atoms with E-state index in [1.165, 1.54) is 4.90 Å². The van der Waals surface area contributed by atoms with Gasteiger partial charge in [0.15, 0.2) is 0 Å². The molecular weight excluding hydrogens is 202 g/mol. The predicted molar refractivity (Wildman–Crippen MR) is 50.2 cm³/mol. The van der Waals surface area contributed by atoms with Gasteiger partial charge in [-0.15, -0.1) is 0 Å². The van der Waals surface area contributed by atoms with Crippen LogP contribution in [-0.4, -0.2) is 53.6 Å². The Morgan fingerprint density at radius 3 is 2.93 bits per heavy atom. The fraction of sp³-hybridized carbons (Fsp3) is 0.625. The van der Waals surface area contributed by atoms with Gasteiger partial charge in [-0.3, -0.25) is 9.59 Å². The first-order valence-electron chi connectivity index (χ1n) is 4.57. The first-order valence-corrected chi connectivity index (χ1v) is 4.57. The Hall–Kier alpha value is -1.79. The molecule has 0 spiro atoms. The number of carboxylic acid groups (broad SMARTS) is 1. The van der Waals surface area contributed by atoms with Gasteiger partial charge in [0, 0.05) is 25.7 Å². The molecule has 1 atom stereocenters. The predicted octanol–water partition coefficient (Wildman–Crippen LogP) is -1.40. The molecule has 1 unspecified atom stereocenters. The van der Waals surface area contributed by atoms with Gasteiger partial charge in [-0.2, -0.15) is 0 Å². The number of amides is 3. The van der Waals surface area contributed by atoms with Gasteiger partial charge in [-0.05, 0) is 6.92 Å². The van der Waals surface area contributed by atoms with Crippen LogP contribution >= 0.6 is 0 Å². The van der Waals surface area contributed by atoms with E-state index >= 15 is 0 Å². The fourth-order valence-electron chi connectivity index (χ4n) is 1.38. The average Bonchev–Trinajstić information content (AvgIpc) is 2.12. The van der Waals surface area contributed by atoms with Crippen LogP contribution in [0.25, 0.3) is 0 Å². The molecule has 0 aliphatic carbocycles. The van der Waals surface area contributed by atoms with Crippen LogP contribution in [0.1, 0.15) is 6.92 Å². The van der Waals surface area contributed by atoms with Crippen molar-refractivity contribution in [2.24, 2.45) is 0 Å². The monoisotopic (exact) mass is 215 g/mol. The molecule has 7 heteroatoms. The molecule has 0 aromatic rings. The number of piperazine rings is 1. The summed E-state index contributed by atoms with van der Waals surface area (Å²) in [5.41, 5.74) is 0. The van der Waals surface area contributed by atoms with Crippen LogP contribution in [-0.2, 0) is 9.59 Å². The van der Waals surface area contributed by atoms with E-state index in [-0.39, 0.29) is 19.1 Å². The van der Waals surface area contributed by atoms with Crippen LogP contribution in [0.15, 0.2) is 0 Å². The second-order valence-electron chi connectivity index (χ2n) is 3.36. The molecule has 0 bridgehead atoms. The fourth-order valence-corrected chi connectivity index (χ4v) is 1.38. The molecule has 0 aromatic heterocycles. The number of nitrogens with zero attached hydrogens (tertiary/aromatic N) is 1. The molecule has 15 heavy (non-hydrogen) atoms. The van der Waals surface area contributed by atoms with E-state index in [1.54, 1.807) is 6.92 Å². The van der Waals surface area contributed by atoms with Crippen LogP contribution in [0.2, 0.25) is 0 Å². The van der Waals surface area contributed by atoms with Crippen LogP contribution in [0.5, 0.6) is 0 Å². The maximum absolute atomic E-state index is 11.3. The summed E-state index contributed by atoms with van der Waals surface area (Å²) in [6, 6.07) is -0.0972. The van der Waals surface area contributed by atoms with Crippen molar-refractivity contribution in [1.29, 1.82) is 0 Å². The van der Waals surface area contributed by atoms with Gasteiger partial charge >= 0.3 is 17.9 Å². The molecule has 0 saturated carbocycles. The highest BCUT2D eigenvalue weighted by atomic mass is 16.4. The van der Waals surface area contributed by atoms with E-state index in [1.807, 2.05) is 0 Å². The van der Waals surface area contributed by atoms with Crippen molar-refractivity contribution in [1.82, 2.24) is 15.5 Å². The number of nitrogens with one attached hydrogen (secondary N) is 2. The summed E-state index contributed by atoms with van der Waals surface area (Å²) in [6.07, 6.45) is -1.14. The molecule has 1 fully saturated rings. The standard InChI is InChI=1S/C8H13N3O4/c1-5-4-11(3-2-9-8(14)15)7(13)6(12)10-5/h5,9H,2-4H2,1H3,(H,10,12)(H,14,15). The average molecular weight is 215 g/mol. The van der Waals surface area contributed by atoms with Crippen LogP contribution in [0.3, 0.4) is 0 Å². The number of carbonyl (C=O) groups is 3. The lowest BCUT2D eigenvalue weighted by Crippen LogP contribution is -2.57. The van der Waals surface area contributed by atoms with E-state index in [0.717, 1.165) is 0 Å². The zero-order valence-electron chi connectivity index (χ0n) is 8.32. The number of rotatable bonds is 3. The van der Waals surface area contributed by atoms with Gasteiger partial charge in [0.25, 0.3) is 0 Å². The summed E-state index contributed by atoms with van der Waals surface area (Å²) < 4.78 is 0. The molecule has 84 valence electrons. The summed E-state index contributed by atoms with van der Waals surface area (Å²) in [6.45, 7) is 2.53. The number of hydrogen-bond donors (Lipinski definition) is 3. The molecule has 0 radical (unpaired) electrons. The number of carbonyl (C=O) groups excluding carboxylic acids is 2. The van der Waals surface area contributed by atoms with E-state index in [0.29, 0.717) is 6.54 Å². The van der Waals surface area contributed by atoms with Crippen LogP contribution < -0.4 is 10.6 Å². The molecule has 7 nitrogen and oxygen atoms in total. The van der Waals surface area contributed by atoms with Gasteiger partial charge in [-0.25, -0.2) is 4.79 Å². The zero-order chi connectivity index (χ0) is 11.4. The Balaban J connectivity index is 2.42. The van der Waals surface area contributed by atoms with Crippen molar-refractivity contribution >= 4 is 17.9 Å². The van der Waals surface area contributed by atoms with Crippen molar-refractivity contribution in [3.63, 3.8) is 0 Å². The second-order valence-corrected chi connectivity index (χ2v) is 3.36. The number of hydrogen-bond acceptors (Lipinski definition) is 3. The molecule has 0 aromatic carbocycles. The third kappa shape index (κ3) is 3.12. The summed E-state index contributed by atoms with van der Waals surface area (Å²) >= 11 is 0. The minimum Gasteiger partial charge on any atom is -0.465 e. The Kier molecular flexibility index (Phi) is 3.48. The first-order chi connectivity index (χ1) is 7.00. The van der Waals surface area contributed by atoms with Crippen molar-refractivity contribution in [2.75, 3.05) is 19.6 Å². The minimum atomic E-state index is -1.14. The quantitative estimate of drug-likeness (QED) is 0.504. The summed E-state index contributed by atoms with van der Waals surface area (Å²) in [5, 5.41) is 12.9. The van der Waals surface area contributed by atoms with Gasteiger partial charge in [0.1, 0.15) is 0 Å². The van der Waals surface area contributed by atoms with E-state index in [2.05, 4.69) is 10.6 Å². The Labute approximate surface area is 86.4 Å². The lowest BCUT2D eigenvalue weighted by Gasteiger charge is -2.30. The summed E-state index contributed by atoms with van der Waals surface area (Å²) in [4.78, 5) is 33.8. The van der Waals surface area contributed by atoms with Crippen LogP contribution in [0, 0.1) is 0 Å².